The van der Waals surface area contributed by atoms with Crippen LogP contribution in [0.15, 0.2) is 53.9 Å². The number of carbonyl (C=O) groups excluding carboxylic acids is 2. The first-order valence-corrected chi connectivity index (χ1v) is 8.74. The number of hydrogen-bond donors (Lipinski definition) is 2. The van der Waals surface area contributed by atoms with Gasteiger partial charge in [-0.2, -0.15) is 0 Å². The van der Waals surface area contributed by atoms with Crippen molar-refractivity contribution >= 4 is 34.9 Å². The molecular formula is C18H18N4O2S. The molecule has 2 aromatic heterocycles. The standard InChI is InChI=1S/C18H18N4O2S/c1-12-6-7-15(13(2)9-12)20-17(24)21-16(23)11-25-18-19-10-14-5-3-4-8-22(14)18/h3-10H,11H2,1-2H3,(H2,20,21,23,24). The van der Waals surface area contributed by atoms with Crippen LogP contribution in [-0.4, -0.2) is 27.1 Å². The molecule has 3 amide bonds. The molecule has 3 rings (SSSR count). The highest BCUT2D eigenvalue weighted by Gasteiger charge is 2.11. The highest BCUT2D eigenvalue weighted by molar-refractivity contribution is 7.99. The van der Waals surface area contributed by atoms with Gasteiger partial charge in [-0.15, -0.1) is 0 Å². The van der Waals surface area contributed by atoms with Gasteiger partial charge in [0, 0.05) is 11.9 Å². The van der Waals surface area contributed by atoms with Gasteiger partial charge in [-0.3, -0.25) is 14.5 Å². The van der Waals surface area contributed by atoms with E-state index in [0.717, 1.165) is 16.6 Å². The van der Waals surface area contributed by atoms with Gasteiger partial charge in [0.15, 0.2) is 5.16 Å². The van der Waals surface area contributed by atoms with Crippen molar-refractivity contribution in [2.45, 2.75) is 19.0 Å². The lowest BCUT2D eigenvalue weighted by Crippen LogP contribution is -2.35. The monoisotopic (exact) mass is 354 g/mol. The van der Waals surface area contributed by atoms with E-state index in [2.05, 4.69) is 15.6 Å². The van der Waals surface area contributed by atoms with E-state index in [4.69, 9.17) is 0 Å². The molecule has 0 aliphatic rings. The number of nitrogens with zero attached hydrogens (tertiary/aromatic N) is 2. The van der Waals surface area contributed by atoms with Crippen LogP contribution in [0.3, 0.4) is 0 Å². The smallest absolute Gasteiger partial charge is 0.307 e. The Bertz CT molecular complexity index is 936. The number of hydrogen-bond acceptors (Lipinski definition) is 4. The molecule has 0 bridgehead atoms. The van der Waals surface area contributed by atoms with Crippen LogP contribution in [0.4, 0.5) is 10.5 Å². The number of carbonyl (C=O) groups is 2. The molecule has 0 aliphatic carbocycles. The molecule has 3 aromatic rings. The third-order valence-corrected chi connectivity index (χ3v) is 4.59. The number of benzene rings is 1. The number of imide groups is 1. The van der Waals surface area contributed by atoms with Crippen molar-refractivity contribution in [3.8, 4) is 0 Å². The van der Waals surface area contributed by atoms with E-state index in [1.54, 1.807) is 6.20 Å². The Labute approximate surface area is 149 Å². The Morgan fingerprint density at radius 2 is 2.04 bits per heavy atom. The molecular weight excluding hydrogens is 336 g/mol. The maximum absolute atomic E-state index is 12.0. The van der Waals surface area contributed by atoms with Crippen LogP contribution in [0, 0.1) is 13.8 Å². The lowest BCUT2D eigenvalue weighted by Gasteiger charge is -2.09. The number of fused-ring (bicyclic) bond motifs is 1. The van der Waals surface area contributed by atoms with Gasteiger partial charge in [-0.25, -0.2) is 9.78 Å². The van der Waals surface area contributed by atoms with Gasteiger partial charge in [0.05, 0.1) is 17.5 Å². The van der Waals surface area contributed by atoms with E-state index in [1.807, 2.05) is 60.8 Å². The van der Waals surface area contributed by atoms with Gasteiger partial charge in [0.25, 0.3) is 0 Å². The minimum Gasteiger partial charge on any atom is -0.307 e. The average Bonchev–Trinajstić information content (AvgIpc) is 2.99. The van der Waals surface area contributed by atoms with E-state index in [1.165, 1.54) is 11.8 Å². The second kappa shape index (κ2) is 7.40. The van der Waals surface area contributed by atoms with Gasteiger partial charge in [-0.1, -0.05) is 35.5 Å². The average molecular weight is 354 g/mol. The molecule has 7 heteroatoms. The summed E-state index contributed by atoms with van der Waals surface area (Å²) in [5, 5.41) is 5.73. The summed E-state index contributed by atoms with van der Waals surface area (Å²) >= 11 is 1.28. The molecule has 0 aliphatic heterocycles. The van der Waals surface area contributed by atoms with Crippen LogP contribution in [0.5, 0.6) is 0 Å². The number of thioether (sulfide) groups is 1. The maximum atomic E-state index is 12.0. The van der Waals surface area contributed by atoms with Crippen molar-refractivity contribution in [3.05, 3.63) is 59.9 Å². The molecule has 1 aromatic carbocycles. The summed E-state index contributed by atoms with van der Waals surface area (Å²) in [5.41, 5.74) is 3.70. The Hall–Kier alpha value is -2.80. The van der Waals surface area contributed by atoms with Gasteiger partial charge < -0.3 is 5.32 Å². The Morgan fingerprint density at radius 3 is 2.84 bits per heavy atom. The van der Waals surface area contributed by atoms with Crippen LogP contribution < -0.4 is 10.6 Å². The molecule has 0 spiro atoms. The number of aryl methyl sites for hydroxylation is 2. The van der Waals surface area contributed by atoms with Gasteiger partial charge in [0.2, 0.25) is 5.91 Å². The van der Waals surface area contributed by atoms with Crippen LogP contribution >= 0.6 is 11.8 Å². The molecule has 6 nitrogen and oxygen atoms in total. The molecule has 128 valence electrons. The number of anilines is 1. The highest BCUT2D eigenvalue weighted by atomic mass is 32.2. The lowest BCUT2D eigenvalue weighted by atomic mass is 10.1. The zero-order valence-electron chi connectivity index (χ0n) is 13.9. The van der Waals surface area contributed by atoms with E-state index >= 15 is 0 Å². The molecule has 0 unspecified atom stereocenters. The number of nitrogens with one attached hydrogen (secondary N) is 2. The topological polar surface area (TPSA) is 75.5 Å². The van der Waals surface area contributed by atoms with E-state index in [9.17, 15) is 9.59 Å². The summed E-state index contributed by atoms with van der Waals surface area (Å²) in [6.45, 7) is 3.89. The fourth-order valence-electron chi connectivity index (χ4n) is 2.43. The first-order chi connectivity index (χ1) is 12.0. The first kappa shape index (κ1) is 17.0. The minimum atomic E-state index is -0.537. The zero-order valence-corrected chi connectivity index (χ0v) is 14.8. The number of imidazole rings is 1. The molecule has 0 saturated carbocycles. The number of pyridine rings is 1. The van der Waals surface area contributed by atoms with Crippen molar-refractivity contribution in [2.24, 2.45) is 0 Å². The quantitative estimate of drug-likeness (QED) is 0.704. The first-order valence-electron chi connectivity index (χ1n) is 7.76. The molecule has 25 heavy (non-hydrogen) atoms. The van der Waals surface area contributed by atoms with Crippen LogP contribution in [-0.2, 0) is 4.79 Å². The SMILES string of the molecule is Cc1ccc(NC(=O)NC(=O)CSc2ncc3ccccn23)c(C)c1. The number of rotatable bonds is 4. The van der Waals surface area contributed by atoms with Crippen molar-refractivity contribution < 1.29 is 9.59 Å². The van der Waals surface area contributed by atoms with E-state index < -0.39 is 6.03 Å². The molecule has 0 fully saturated rings. The van der Waals surface area contributed by atoms with E-state index in [0.29, 0.717) is 10.8 Å². The molecule has 0 atom stereocenters. The summed E-state index contributed by atoms with van der Waals surface area (Å²) in [5.74, 6) is -0.270. The van der Waals surface area contributed by atoms with Crippen molar-refractivity contribution in [2.75, 3.05) is 11.1 Å². The zero-order chi connectivity index (χ0) is 17.8. The molecule has 2 heterocycles. The molecule has 2 N–H and O–H groups in total. The number of aromatic nitrogens is 2. The minimum absolute atomic E-state index is 0.105. The van der Waals surface area contributed by atoms with Gasteiger partial charge in [0.1, 0.15) is 0 Å². The summed E-state index contributed by atoms with van der Waals surface area (Å²) < 4.78 is 1.90. The molecule has 0 saturated heterocycles. The normalized spacial score (nSPS) is 10.6. The van der Waals surface area contributed by atoms with Crippen LogP contribution in [0.25, 0.3) is 5.52 Å². The summed E-state index contributed by atoms with van der Waals surface area (Å²) in [6, 6.07) is 10.9. The summed E-state index contributed by atoms with van der Waals surface area (Å²) in [6.07, 6.45) is 3.63. The van der Waals surface area contributed by atoms with Gasteiger partial charge in [-0.05, 0) is 37.6 Å². The second-order valence-electron chi connectivity index (χ2n) is 5.65. The van der Waals surface area contributed by atoms with Crippen LogP contribution in [0.1, 0.15) is 11.1 Å². The van der Waals surface area contributed by atoms with Crippen molar-refractivity contribution in [1.29, 1.82) is 0 Å². The predicted octanol–water partition coefficient (Wildman–Crippen LogP) is 3.39. The predicted molar refractivity (Wildman–Crippen MR) is 99.0 cm³/mol. The molecule has 0 radical (unpaired) electrons. The lowest BCUT2D eigenvalue weighted by molar-refractivity contribution is -0.117. The summed E-state index contributed by atoms with van der Waals surface area (Å²) in [4.78, 5) is 28.2. The highest BCUT2D eigenvalue weighted by Crippen LogP contribution is 2.18. The van der Waals surface area contributed by atoms with Crippen LogP contribution in [0.2, 0.25) is 0 Å². The Morgan fingerprint density at radius 1 is 1.20 bits per heavy atom. The van der Waals surface area contributed by atoms with Crippen molar-refractivity contribution in [3.63, 3.8) is 0 Å². The third kappa shape index (κ3) is 4.19. The number of amides is 3. The fraction of sp³-hybridized carbons (Fsp3) is 0.167. The van der Waals surface area contributed by atoms with Crippen molar-refractivity contribution in [1.82, 2.24) is 14.7 Å². The fourth-order valence-corrected chi connectivity index (χ4v) is 3.19. The van der Waals surface area contributed by atoms with Gasteiger partial charge >= 0.3 is 6.03 Å². The Balaban J connectivity index is 1.54. The number of urea groups is 1. The maximum Gasteiger partial charge on any atom is 0.325 e. The third-order valence-electron chi connectivity index (χ3n) is 3.62. The Kier molecular flexibility index (Phi) is 5.04. The largest absolute Gasteiger partial charge is 0.325 e. The second-order valence-corrected chi connectivity index (χ2v) is 6.59. The van der Waals surface area contributed by atoms with E-state index in [-0.39, 0.29) is 11.7 Å². The summed E-state index contributed by atoms with van der Waals surface area (Å²) in [7, 11) is 0.